The first-order valence-electron chi connectivity index (χ1n) is 14.1. The van der Waals surface area contributed by atoms with Crippen molar-refractivity contribution in [3.8, 4) is 5.75 Å². The van der Waals surface area contributed by atoms with Crippen molar-refractivity contribution in [1.29, 1.82) is 0 Å². The molecule has 0 spiro atoms. The Morgan fingerprint density at radius 3 is 2.12 bits per heavy atom. The SMILES string of the molecule is CC(=O)NC(Cc1ccc(OP(=O)(O)O)cc1)C(=O)NC1CCCCC(Cc2ccc(C(=O)c3ccccc3)cc2)C1=O. The standard InChI is InChI=1S/C32H35N2O8P/c1-21(35)33-29(20-23-13-17-27(18-14-23)42-43(39,40)41)32(38)34-28-10-6-5-9-26(31(28)37)19-22-11-15-25(16-12-22)30(36)24-7-3-2-4-8-24/h2-4,7-8,11-18,26,28-29H,5-6,9-10,19-20H2,1H3,(H,33,35)(H,34,38)(H2,39,40,41). The maximum absolute atomic E-state index is 13.6. The maximum atomic E-state index is 13.6. The Kier molecular flexibility index (Phi) is 10.6. The molecule has 1 aliphatic rings. The van der Waals surface area contributed by atoms with Crippen molar-refractivity contribution in [3.63, 3.8) is 0 Å². The van der Waals surface area contributed by atoms with Gasteiger partial charge in [0.05, 0.1) is 6.04 Å². The van der Waals surface area contributed by atoms with Gasteiger partial charge in [0.15, 0.2) is 11.6 Å². The summed E-state index contributed by atoms with van der Waals surface area (Å²) in [5, 5.41) is 5.49. The fraction of sp³-hybridized carbons (Fsp3) is 0.312. The van der Waals surface area contributed by atoms with Crippen LogP contribution in [0.15, 0.2) is 78.9 Å². The number of benzene rings is 3. The highest BCUT2D eigenvalue weighted by Crippen LogP contribution is 2.37. The molecule has 3 aromatic carbocycles. The number of carbonyl (C=O) groups excluding carboxylic acids is 4. The van der Waals surface area contributed by atoms with E-state index in [1.165, 1.54) is 19.1 Å². The molecule has 3 atom stereocenters. The molecular formula is C32H35N2O8P. The minimum Gasteiger partial charge on any atom is -0.404 e. The first-order chi connectivity index (χ1) is 20.5. The lowest BCUT2D eigenvalue weighted by Crippen LogP contribution is -2.52. The van der Waals surface area contributed by atoms with E-state index in [2.05, 4.69) is 15.2 Å². The lowest BCUT2D eigenvalue weighted by Gasteiger charge is -2.24. The fourth-order valence-corrected chi connectivity index (χ4v) is 5.67. The largest absolute Gasteiger partial charge is 0.524 e. The second kappa shape index (κ2) is 14.4. The Bertz CT molecular complexity index is 1490. The van der Waals surface area contributed by atoms with Crippen LogP contribution in [0.25, 0.3) is 0 Å². The summed E-state index contributed by atoms with van der Waals surface area (Å²) in [4.78, 5) is 69.5. The summed E-state index contributed by atoms with van der Waals surface area (Å²) in [6, 6.07) is 20.4. The van der Waals surface area contributed by atoms with Crippen molar-refractivity contribution in [2.45, 2.75) is 57.5 Å². The molecule has 0 aliphatic heterocycles. The van der Waals surface area contributed by atoms with Crippen LogP contribution in [0.5, 0.6) is 5.75 Å². The molecule has 1 saturated carbocycles. The van der Waals surface area contributed by atoms with Gasteiger partial charge in [0.1, 0.15) is 11.8 Å². The second-order valence-corrected chi connectivity index (χ2v) is 11.9. The van der Waals surface area contributed by atoms with E-state index in [9.17, 15) is 23.7 Å². The highest BCUT2D eigenvalue weighted by atomic mass is 31.2. The van der Waals surface area contributed by atoms with Gasteiger partial charge in [-0.05, 0) is 42.5 Å². The smallest absolute Gasteiger partial charge is 0.404 e. The lowest BCUT2D eigenvalue weighted by atomic mass is 9.89. The van der Waals surface area contributed by atoms with Gasteiger partial charge in [0, 0.05) is 30.4 Å². The number of hydrogen-bond acceptors (Lipinski definition) is 6. The molecule has 10 nitrogen and oxygen atoms in total. The van der Waals surface area contributed by atoms with Crippen LogP contribution in [0, 0.1) is 5.92 Å². The summed E-state index contributed by atoms with van der Waals surface area (Å²) in [6.45, 7) is 1.29. The van der Waals surface area contributed by atoms with Crippen LogP contribution in [-0.4, -0.2) is 45.3 Å². The number of ketones is 2. The maximum Gasteiger partial charge on any atom is 0.524 e. The summed E-state index contributed by atoms with van der Waals surface area (Å²) in [5.41, 5.74) is 2.72. The highest BCUT2D eigenvalue weighted by molar-refractivity contribution is 7.46. The Hall–Kier alpha value is -4.11. The predicted octanol–water partition coefficient (Wildman–Crippen LogP) is 3.92. The van der Waals surface area contributed by atoms with E-state index >= 15 is 0 Å². The number of rotatable bonds is 11. The number of amides is 2. The lowest BCUT2D eigenvalue weighted by molar-refractivity contribution is -0.132. The average Bonchev–Trinajstić information content (AvgIpc) is 3.14. The highest BCUT2D eigenvalue weighted by Gasteiger charge is 2.32. The predicted molar refractivity (Wildman–Crippen MR) is 159 cm³/mol. The normalized spacial score (nSPS) is 17.8. The van der Waals surface area contributed by atoms with Crippen molar-refractivity contribution in [2.24, 2.45) is 5.92 Å². The van der Waals surface area contributed by atoms with Gasteiger partial charge < -0.3 is 15.2 Å². The molecule has 1 aliphatic carbocycles. The molecule has 43 heavy (non-hydrogen) atoms. The van der Waals surface area contributed by atoms with Crippen LogP contribution in [-0.2, 0) is 31.8 Å². The fourth-order valence-electron chi connectivity index (χ4n) is 5.27. The van der Waals surface area contributed by atoms with E-state index in [-0.39, 0.29) is 29.7 Å². The summed E-state index contributed by atoms with van der Waals surface area (Å²) in [7, 11) is -4.71. The molecule has 3 unspecified atom stereocenters. The minimum atomic E-state index is -4.71. The summed E-state index contributed by atoms with van der Waals surface area (Å²) < 4.78 is 15.6. The quantitative estimate of drug-likeness (QED) is 0.145. The van der Waals surface area contributed by atoms with E-state index < -0.39 is 31.7 Å². The number of nitrogens with one attached hydrogen (secondary N) is 2. The molecule has 0 aromatic heterocycles. The third-order valence-corrected chi connectivity index (χ3v) is 7.82. The molecule has 0 bridgehead atoms. The number of carbonyl (C=O) groups is 4. The van der Waals surface area contributed by atoms with E-state index in [4.69, 9.17) is 9.79 Å². The Balaban J connectivity index is 1.40. The molecule has 0 heterocycles. The molecule has 1 fully saturated rings. The molecule has 4 N–H and O–H groups in total. The molecular weight excluding hydrogens is 571 g/mol. The monoisotopic (exact) mass is 606 g/mol. The van der Waals surface area contributed by atoms with Gasteiger partial charge in [-0.25, -0.2) is 4.57 Å². The molecule has 11 heteroatoms. The zero-order chi connectivity index (χ0) is 31.0. The minimum absolute atomic E-state index is 0.0369. The number of phosphoric acid groups is 1. The van der Waals surface area contributed by atoms with E-state index in [0.717, 1.165) is 18.4 Å². The second-order valence-electron chi connectivity index (χ2n) is 10.7. The first kappa shape index (κ1) is 31.8. The Morgan fingerprint density at radius 1 is 0.884 bits per heavy atom. The van der Waals surface area contributed by atoms with Crippen LogP contribution in [0.1, 0.15) is 59.7 Å². The van der Waals surface area contributed by atoms with Crippen molar-refractivity contribution in [1.82, 2.24) is 10.6 Å². The molecule has 3 aromatic rings. The topological polar surface area (TPSA) is 159 Å². The van der Waals surface area contributed by atoms with Crippen molar-refractivity contribution < 1.29 is 38.1 Å². The Labute approximate surface area is 250 Å². The van der Waals surface area contributed by atoms with Gasteiger partial charge in [-0.2, -0.15) is 0 Å². The zero-order valence-electron chi connectivity index (χ0n) is 23.8. The summed E-state index contributed by atoms with van der Waals surface area (Å²) in [5.74, 6) is -1.38. The van der Waals surface area contributed by atoms with Gasteiger partial charge in [-0.1, -0.05) is 79.6 Å². The average molecular weight is 607 g/mol. The van der Waals surface area contributed by atoms with Crippen molar-refractivity contribution in [2.75, 3.05) is 0 Å². The van der Waals surface area contributed by atoms with E-state index in [1.807, 2.05) is 30.3 Å². The van der Waals surface area contributed by atoms with Crippen LogP contribution in [0.3, 0.4) is 0 Å². The zero-order valence-corrected chi connectivity index (χ0v) is 24.7. The van der Waals surface area contributed by atoms with Crippen LogP contribution < -0.4 is 15.2 Å². The van der Waals surface area contributed by atoms with E-state index in [1.54, 1.807) is 36.4 Å². The third-order valence-electron chi connectivity index (χ3n) is 7.37. The van der Waals surface area contributed by atoms with E-state index in [0.29, 0.717) is 36.0 Å². The molecule has 2 amide bonds. The first-order valence-corrected chi connectivity index (χ1v) is 15.7. The third kappa shape index (κ3) is 9.44. The summed E-state index contributed by atoms with van der Waals surface area (Å²) in [6.07, 6.45) is 3.37. The number of phosphoric ester groups is 1. The van der Waals surface area contributed by atoms with Crippen LogP contribution >= 0.6 is 7.82 Å². The Morgan fingerprint density at radius 2 is 1.49 bits per heavy atom. The number of Topliss-reactive ketones (excluding diaryl/α,β-unsaturated/α-hetero) is 1. The summed E-state index contributed by atoms with van der Waals surface area (Å²) >= 11 is 0. The van der Waals surface area contributed by atoms with Gasteiger partial charge in [-0.3, -0.25) is 29.0 Å². The van der Waals surface area contributed by atoms with Crippen LogP contribution in [0.4, 0.5) is 0 Å². The van der Waals surface area contributed by atoms with Gasteiger partial charge in [-0.15, -0.1) is 0 Å². The molecule has 226 valence electrons. The van der Waals surface area contributed by atoms with Crippen molar-refractivity contribution >= 4 is 31.2 Å². The van der Waals surface area contributed by atoms with Gasteiger partial charge >= 0.3 is 7.82 Å². The molecule has 4 rings (SSSR count). The van der Waals surface area contributed by atoms with Crippen molar-refractivity contribution in [3.05, 3.63) is 101 Å². The van der Waals surface area contributed by atoms with Gasteiger partial charge in [0.2, 0.25) is 11.8 Å². The number of hydrogen-bond donors (Lipinski definition) is 4. The molecule has 0 radical (unpaired) electrons. The van der Waals surface area contributed by atoms with Crippen LogP contribution in [0.2, 0.25) is 0 Å². The molecule has 0 saturated heterocycles. The van der Waals surface area contributed by atoms with Gasteiger partial charge in [0.25, 0.3) is 0 Å².